The molecule has 1 heterocycles. The summed E-state index contributed by atoms with van der Waals surface area (Å²) in [7, 11) is 11.2. The predicted molar refractivity (Wildman–Crippen MR) is 219 cm³/mol. The fourth-order valence-electron chi connectivity index (χ4n) is 6.46. The van der Waals surface area contributed by atoms with E-state index >= 15 is 0 Å². The van der Waals surface area contributed by atoms with E-state index < -0.39 is 18.0 Å². The van der Waals surface area contributed by atoms with Gasteiger partial charge in [-0.25, -0.2) is 0 Å². The van der Waals surface area contributed by atoms with E-state index in [0.29, 0.717) is 0 Å². The van der Waals surface area contributed by atoms with Crippen molar-refractivity contribution < 1.29 is 22.4 Å². The van der Waals surface area contributed by atoms with E-state index in [1.165, 1.54) is 71.6 Å². The molecule has 1 aromatic heterocycles. The molecule has 50 heavy (non-hydrogen) atoms. The smallest absolute Gasteiger partial charge is 0.0896 e. The molecular weight excluding hydrogens is 747 g/mol. The number of aryl methyl sites for hydroxylation is 5. The summed E-state index contributed by atoms with van der Waals surface area (Å²) >= 11 is -1.65. The maximum Gasteiger partial charge on any atom is 0.0896 e. The van der Waals surface area contributed by atoms with E-state index in [0.717, 1.165) is 17.1 Å². The van der Waals surface area contributed by atoms with Gasteiger partial charge in [0, 0.05) is 0 Å². The molecule has 0 aliphatic heterocycles. The van der Waals surface area contributed by atoms with Gasteiger partial charge in [0.15, 0.2) is 0 Å². The normalized spacial score (nSPS) is 11.2. The molecule has 0 N–H and O–H groups in total. The molecule has 0 spiro atoms. The summed E-state index contributed by atoms with van der Waals surface area (Å²) in [5.74, 6) is 1.88. The molecule has 0 radical (unpaired) electrons. The van der Waals surface area contributed by atoms with Crippen LogP contribution in [0.5, 0.6) is 0 Å². The van der Waals surface area contributed by atoms with Gasteiger partial charge in [0.1, 0.15) is 0 Å². The zero-order chi connectivity index (χ0) is 36.3. The summed E-state index contributed by atoms with van der Waals surface area (Å²) < 4.78 is 5.83. The van der Waals surface area contributed by atoms with Gasteiger partial charge in [0.2, 0.25) is 0 Å². The number of rotatable bonds is 3. The first-order chi connectivity index (χ1) is 23.6. The minimum Gasteiger partial charge on any atom is -0.496 e. The first-order valence-electron chi connectivity index (χ1n) is 17.2. The fourth-order valence-corrected chi connectivity index (χ4v) is 6.46. The van der Waals surface area contributed by atoms with Gasteiger partial charge in [-0.1, -0.05) is 103 Å². The van der Waals surface area contributed by atoms with Gasteiger partial charge in [-0.15, -0.1) is 57.9 Å². The first-order valence-corrected chi connectivity index (χ1v) is 29.7. The number of furan rings is 1. The Balaban J connectivity index is 0.000000175. The Hall–Kier alpha value is -2.94. The molecule has 0 bridgehead atoms. The van der Waals surface area contributed by atoms with Gasteiger partial charge in [-0.05, 0) is 74.4 Å². The zero-order valence-corrected chi connectivity index (χ0v) is 36.0. The monoisotopic (exact) mass is 792 g/mol. The summed E-state index contributed by atoms with van der Waals surface area (Å²) in [5.41, 5.74) is 13.1. The van der Waals surface area contributed by atoms with Gasteiger partial charge in [-0.2, -0.15) is 12.1 Å². The van der Waals surface area contributed by atoms with Crippen LogP contribution in [-0.4, -0.2) is 5.43 Å². The molecule has 0 saturated carbocycles. The van der Waals surface area contributed by atoms with Crippen molar-refractivity contribution in [1.29, 1.82) is 0 Å². The molecular formula is C45H48Cl2OSiZr-2. The van der Waals surface area contributed by atoms with Crippen molar-refractivity contribution in [2.24, 2.45) is 0 Å². The second-order valence-corrected chi connectivity index (χ2v) is 37.6. The Labute approximate surface area is 314 Å². The summed E-state index contributed by atoms with van der Waals surface area (Å²) in [5, 5.41) is 5.24. The van der Waals surface area contributed by atoms with Gasteiger partial charge in [0.25, 0.3) is 0 Å². The van der Waals surface area contributed by atoms with E-state index in [-0.39, 0.29) is 10.8 Å². The molecule has 0 unspecified atom stereocenters. The topological polar surface area (TPSA) is 13.1 Å². The Morgan fingerprint density at radius 3 is 1.76 bits per heavy atom. The molecule has 0 fully saturated rings. The summed E-state index contributed by atoms with van der Waals surface area (Å²) in [6, 6.07) is 39.7. The Kier molecular flexibility index (Phi) is 12.4. The van der Waals surface area contributed by atoms with Crippen LogP contribution in [0, 0.1) is 34.6 Å². The van der Waals surface area contributed by atoms with Crippen LogP contribution in [0.4, 0.5) is 0 Å². The van der Waals surface area contributed by atoms with Gasteiger partial charge in [0.05, 0.1) is 11.5 Å². The van der Waals surface area contributed by atoms with Crippen molar-refractivity contribution in [3.8, 4) is 33.6 Å². The minimum atomic E-state index is -1.65. The second-order valence-electron chi connectivity index (χ2n) is 14.7. The number of hydrogen-bond acceptors (Lipinski definition) is 1. The van der Waals surface area contributed by atoms with Crippen LogP contribution < -0.4 is 0 Å². The van der Waals surface area contributed by atoms with Gasteiger partial charge < -0.3 is 4.42 Å². The van der Waals surface area contributed by atoms with Crippen molar-refractivity contribution in [1.82, 2.24) is 0 Å². The molecule has 0 aliphatic carbocycles. The summed E-state index contributed by atoms with van der Waals surface area (Å²) in [4.78, 5) is 0. The van der Waals surface area contributed by atoms with E-state index in [1.807, 2.05) is 19.1 Å². The molecule has 6 aromatic carbocycles. The average Bonchev–Trinajstić information content (AvgIpc) is 3.80. The maximum atomic E-state index is 5.83. The minimum absolute atomic E-state index is 0.171. The standard InChI is InChI=1S/C25H25O.C18H17.C2H6Si.2ClH.Zr/c1-16-6-8-19-14-20(23-13-7-17(2)26-23)15-22(19)24(16)18-9-11-21(12-10-18)25(3,4)5;1-12-9-13(2)11-16(10-12)18-14(3)7-8-15-5-4-6-17(15)18;1-3-2;;;/h6-15H,1-5H3;4-11H,1-3H3;1-2H3;2*1H;/q2*-1;;;;+2/p-2. The Bertz CT molecular complexity index is 2250. The summed E-state index contributed by atoms with van der Waals surface area (Å²) in [6.07, 6.45) is 0. The van der Waals surface area contributed by atoms with Gasteiger partial charge >= 0.3 is 53.5 Å². The number of halogens is 2. The summed E-state index contributed by atoms with van der Waals surface area (Å²) in [6.45, 7) is 21.8. The van der Waals surface area contributed by atoms with Crippen LogP contribution in [-0.2, 0) is 23.4 Å². The first kappa shape index (κ1) is 38.3. The predicted octanol–water partition coefficient (Wildman–Crippen LogP) is 14.7. The number of hydrogen-bond donors (Lipinski definition) is 0. The van der Waals surface area contributed by atoms with Crippen LogP contribution in [0.15, 0.2) is 114 Å². The molecule has 0 aliphatic rings. The molecule has 7 aromatic rings. The zero-order valence-electron chi connectivity index (χ0n) is 31.1. The maximum absolute atomic E-state index is 5.83. The van der Waals surface area contributed by atoms with Crippen LogP contribution in [0.2, 0.25) is 13.1 Å². The largest absolute Gasteiger partial charge is 0.496 e. The van der Waals surface area contributed by atoms with Crippen LogP contribution >= 0.6 is 17.0 Å². The number of fused-ring (bicyclic) bond motifs is 2. The second kappa shape index (κ2) is 16.2. The third kappa shape index (κ3) is 9.10. The van der Waals surface area contributed by atoms with Crippen LogP contribution in [0.25, 0.3) is 55.1 Å². The molecule has 0 atom stereocenters. The molecule has 1 nitrogen and oxygen atoms in total. The van der Waals surface area contributed by atoms with Crippen molar-refractivity contribution in [3.05, 3.63) is 143 Å². The Morgan fingerprint density at radius 2 is 1.22 bits per heavy atom. The quantitative estimate of drug-likeness (QED) is 0.128. The van der Waals surface area contributed by atoms with Crippen LogP contribution in [0.3, 0.4) is 0 Å². The van der Waals surface area contributed by atoms with E-state index in [4.69, 9.17) is 21.4 Å². The molecule has 7 rings (SSSR count). The SMILES string of the molecule is C[Si](C)=[Zr]([Cl])[Cl].Cc1cc(C)cc(-c2c(C)ccc3[cH-]ccc23)c1.Cc1ccc(-c2cc3c(-c4ccc(C(C)(C)C)cc4)c(C)ccc3[cH-]2)o1. The van der Waals surface area contributed by atoms with Crippen molar-refractivity contribution in [2.45, 2.75) is 73.9 Å². The third-order valence-electron chi connectivity index (χ3n) is 9.08. The Morgan fingerprint density at radius 1 is 0.640 bits per heavy atom. The fraction of sp³-hybridized carbons (Fsp3) is 0.244. The van der Waals surface area contributed by atoms with Crippen LogP contribution in [0.1, 0.15) is 54.3 Å². The van der Waals surface area contributed by atoms with Crippen molar-refractivity contribution in [2.75, 3.05) is 0 Å². The van der Waals surface area contributed by atoms with E-state index in [9.17, 15) is 0 Å². The molecule has 0 amide bonds. The van der Waals surface area contributed by atoms with Crippen molar-refractivity contribution >= 4 is 44.0 Å². The molecule has 5 heteroatoms. The molecule has 0 saturated heterocycles. The van der Waals surface area contributed by atoms with Crippen molar-refractivity contribution in [3.63, 3.8) is 0 Å². The van der Waals surface area contributed by atoms with E-state index in [1.54, 1.807) is 0 Å². The average molecular weight is 795 g/mol. The van der Waals surface area contributed by atoms with Gasteiger partial charge in [-0.3, -0.25) is 0 Å². The third-order valence-corrected chi connectivity index (χ3v) is 28.8. The number of benzene rings is 4. The molecule has 258 valence electrons. The van der Waals surface area contributed by atoms with E-state index in [2.05, 4.69) is 159 Å².